The van der Waals surface area contributed by atoms with E-state index in [0.29, 0.717) is 4.31 Å². The number of halogens is 4. The van der Waals surface area contributed by atoms with Gasteiger partial charge in [0.05, 0.1) is 5.69 Å². The van der Waals surface area contributed by atoms with Gasteiger partial charge in [-0.2, -0.15) is 17.5 Å². The Morgan fingerprint density at radius 3 is 2.42 bits per heavy atom. The van der Waals surface area contributed by atoms with Crippen LogP contribution in [0.1, 0.15) is 6.92 Å². The molecule has 0 aliphatic heterocycles. The highest BCUT2D eigenvalue weighted by Crippen LogP contribution is 2.28. The first kappa shape index (κ1) is 16.1. The van der Waals surface area contributed by atoms with Crippen LogP contribution in [-0.4, -0.2) is 32.0 Å². The second-order valence-electron chi connectivity index (χ2n) is 3.73. The minimum Gasteiger partial charge on any atom is -0.398 e. The van der Waals surface area contributed by atoms with Crippen molar-refractivity contribution in [2.24, 2.45) is 0 Å². The summed E-state index contributed by atoms with van der Waals surface area (Å²) < 4.78 is 61.6. The fourth-order valence-electron chi connectivity index (χ4n) is 1.44. The number of nitrogen functional groups attached to an aromatic ring is 1. The third kappa shape index (κ3) is 3.99. The molecule has 0 unspecified atom stereocenters. The van der Waals surface area contributed by atoms with Gasteiger partial charge in [-0.25, -0.2) is 8.42 Å². The van der Waals surface area contributed by atoms with E-state index in [1.807, 2.05) is 0 Å². The van der Waals surface area contributed by atoms with Gasteiger partial charge in [0.2, 0.25) is 10.0 Å². The van der Waals surface area contributed by atoms with Crippen LogP contribution in [0, 0.1) is 0 Å². The van der Waals surface area contributed by atoms with E-state index in [2.05, 4.69) is 0 Å². The maximum atomic E-state index is 12.4. The lowest BCUT2D eigenvalue weighted by atomic mass is 10.3. The van der Waals surface area contributed by atoms with Crippen molar-refractivity contribution < 1.29 is 21.6 Å². The van der Waals surface area contributed by atoms with Crippen LogP contribution in [0.4, 0.5) is 18.9 Å². The van der Waals surface area contributed by atoms with Gasteiger partial charge in [-0.05, 0) is 18.2 Å². The molecule has 0 bridgehead atoms. The molecule has 0 spiro atoms. The van der Waals surface area contributed by atoms with Gasteiger partial charge in [-0.1, -0.05) is 18.5 Å². The Hall–Kier alpha value is -0.990. The van der Waals surface area contributed by atoms with Gasteiger partial charge >= 0.3 is 6.18 Å². The Morgan fingerprint density at radius 1 is 1.37 bits per heavy atom. The van der Waals surface area contributed by atoms with Crippen LogP contribution in [0.2, 0.25) is 5.02 Å². The number of sulfonamides is 1. The Labute approximate surface area is 114 Å². The molecule has 9 heteroatoms. The molecule has 0 radical (unpaired) electrons. The van der Waals surface area contributed by atoms with Crippen LogP contribution >= 0.6 is 11.6 Å². The Bertz CT molecular complexity index is 560. The minimum absolute atomic E-state index is 0.0795. The van der Waals surface area contributed by atoms with Crippen LogP contribution < -0.4 is 5.73 Å². The van der Waals surface area contributed by atoms with E-state index in [-0.39, 0.29) is 17.3 Å². The van der Waals surface area contributed by atoms with E-state index in [1.54, 1.807) is 0 Å². The first-order valence-electron chi connectivity index (χ1n) is 5.20. The average molecular weight is 317 g/mol. The number of anilines is 1. The zero-order valence-electron chi connectivity index (χ0n) is 9.91. The van der Waals surface area contributed by atoms with Crippen molar-refractivity contribution >= 4 is 27.3 Å². The highest BCUT2D eigenvalue weighted by molar-refractivity contribution is 7.89. The molecular formula is C10H12ClF3N2O2S. The predicted molar refractivity (Wildman–Crippen MR) is 66.4 cm³/mol. The van der Waals surface area contributed by atoms with Crippen LogP contribution in [0.3, 0.4) is 0 Å². The van der Waals surface area contributed by atoms with Gasteiger partial charge in [0.1, 0.15) is 11.4 Å². The number of alkyl halides is 3. The number of hydrogen-bond donors (Lipinski definition) is 1. The number of nitrogens with two attached hydrogens (primary N) is 1. The Balaban J connectivity index is 3.25. The monoisotopic (exact) mass is 316 g/mol. The lowest BCUT2D eigenvalue weighted by molar-refractivity contribution is -0.135. The van der Waals surface area contributed by atoms with E-state index in [1.165, 1.54) is 19.1 Å². The van der Waals surface area contributed by atoms with E-state index in [0.717, 1.165) is 6.07 Å². The molecule has 108 valence electrons. The summed E-state index contributed by atoms with van der Waals surface area (Å²) in [5.74, 6) is 0. The van der Waals surface area contributed by atoms with E-state index >= 15 is 0 Å². The molecule has 4 nitrogen and oxygen atoms in total. The standard InChI is InChI=1S/C10H12ClF3N2O2S/c1-2-16(6-10(12,13)14)19(17,18)9-5-7(11)3-4-8(9)15/h3-5H,2,6,15H2,1H3. The van der Waals surface area contributed by atoms with E-state index in [9.17, 15) is 21.6 Å². The summed E-state index contributed by atoms with van der Waals surface area (Å²) >= 11 is 5.64. The van der Waals surface area contributed by atoms with Crippen molar-refractivity contribution in [2.75, 3.05) is 18.8 Å². The van der Waals surface area contributed by atoms with Gasteiger partial charge in [-0.15, -0.1) is 0 Å². The predicted octanol–water partition coefficient (Wildman–Crippen LogP) is 2.50. The molecule has 1 rings (SSSR count). The number of hydrogen-bond acceptors (Lipinski definition) is 3. The summed E-state index contributed by atoms with van der Waals surface area (Å²) in [5, 5.41) is 0.0795. The van der Waals surface area contributed by atoms with Crippen LogP contribution in [-0.2, 0) is 10.0 Å². The first-order valence-corrected chi connectivity index (χ1v) is 7.01. The van der Waals surface area contributed by atoms with Crippen LogP contribution in [0.5, 0.6) is 0 Å². The summed E-state index contributed by atoms with van der Waals surface area (Å²) in [7, 11) is -4.33. The fourth-order valence-corrected chi connectivity index (χ4v) is 3.25. The summed E-state index contributed by atoms with van der Waals surface area (Å²) in [6.07, 6.45) is -4.63. The Morgan fingerprint density at radius 2 is 1.95 bits per heavy atom. The van der Waals surface area contributed by atoms with Gasteiger partial charge in [0.15, 0.2) is 0 Å². The zero-order chi connectivity index (χ0) is 14.8. The molecule has 0 aliphatic carbocycles. The van der Waals surface area contributed by atoms with E-state index < -0.39 is 27.6 Å². The molecular weight excluding hydrogens is 305 g/mol. The van der Waals surface area contributed by atoms with Crippen molar-refractivity contribution in [3.05, 3.63) is 23.2 Å². The van der Waals surface area contributed by atoms with Crippen LogP contribution in [0.25, 0.3) is 0 Å². The molecule has 1 aromatic carbocycles. The second kappa shape index (κ2) is 5.56. The molecule has 2 N–H and O–H groups in total. The maximum Gasteiger partial charge on any atom is 0.402 e. The zero-order valence-corrected chi connectivity index (χ0v) is 11.5. The summed E-state index contributed by atoms with van der Waals surface area (Å²) in [4.78, 5) is -0.425. The summed E-state index contributed by atoms with van der Waals surface area (Å²) in [5.41, 5.74) is 5.34. The molecule has 1 aromatic rings. The molecule has 0 amide bonds. The smallest absolute Gasteiger partial charge is 0.398 e. The number of benzene rings is 1. The molecule has 0 saturated heterocycles. The molecule has 0 atom stereocenters. The third-order valence-electron chi connectivity index (χ3n) is 2.30. The fraction of sp³-hybridized carbons (Fsp3) is 0.400. The van der Waals surface area contributed by atoms with Crippen molar-refractivity contribution in [1.29, 1.82) is 0 Å². The Kier molecular flexibility index (Phi) is 4.70. The van der Waals surface area contributed by atoms with Crippen molar-refractivity contribution in [3.63, 3.8) is 0 Å². The molecule has 0 fully saturated rings. The van der Waals surface area contributed by atoms with Crippen molar-refractivity contribution in [2.45, 2.75) is 18.0 Å². The van der Waals surface area contributed by atoms with Gasteiger partial charge in [0, 0.05) is 11.6 Å². The average Bonchev–Trinajstić information content (AvgIpc) is 2.27. The highest BCUT2D eigenvalue weighted by Gasteiger charge is 2.36. The SMILES string of the molecule is CCN(CC(F)(F)F)S(=O)(=O)c1cc(Cl)ccc1N. The number of rotatable bonds is 4. The summed E-state index contributed by atoms with van der Waals surface area (Å²) in [6.45, 7) is -0.588. The highest BCUT2D eigenvalue weighted by atomic mass is 35.5. The first-order chi connectivity index (χ1) is 8.58. The van der Waals surface area contributed by atoms with Crippen LogP contribution in [0.15, 0.2) is 23.1 Å². The number of nitrogens with zero attached hydrogens (tertiary/aromatic N) is 1. The second-order valence-corrected chi connectivity index (χ2v) is 6.07. The molecule has 0 saturated carbocycles. The quantitative estimate of drug-likeness (QED) is 0.868. The third-order valence-corrected chi connectivity index (χ3v) is 4.51. The van der Waals surface area contributed by atoms with Gasteiger partial charge in [-0.3, -0.25) is 0 Å². The van der Waals surface area contributed by atoms with Gasteiger partial charge in [0.25, 0.3) is 0 Å². The maximum absolute atomic E-state index is 12.4. The summed E-state index contributed by atoms with van der Waals surface area (Å²) in [6, 6.07) is 3.62. The minimum atomic E-state index is -4.63. The lowest BCUT2D eigenvalue weighted by Gasteiger charge is -2.22. The molecule has 0 aliphatic rings. The van der Waals surface area contributed by atoms with Crippen molar-refractivity contribution in [1.82, 2.24) is 4.31 Å². The molecule has 19 heavy (non-hydrogen) atoms. The largest absolute Gasteiger partial charge is 0.402 e. The molecule has 0 heterocycles. The lowest BCUT2D eigenvalue weighted by Crippen LogP contribution is -2.39. The molecule has 0 aromatic heterocycles. The topological polar surface area (TPSA) is 63.4 Å². The van der Waals surface area contributed by atoms with Crippen molar-refractivity contribution in [3.8, 4) is 0 Å². The van der Waals surface area contributed by atoms with Gasteiger partial charge < -0.3 is 5.73 Å². The normalized spacial score (nSPS) is 12.9. The van der Waals surface area contributed by atoms with E-state index in [4.69, 9.17) is 17.3 Å².